The highest BCUT2D eigenvalue weighted by molar-refractivity contribution is 6.16. The van der Waals surface area contributed by atoms with Gasteiger partial charge in [0.15, 0.2) is 0 Å². The lowest BCUT2D eigenvalue weighted by Crippen LogP contribution is -2.04. The molecule has 0 amide bonds. The van der Waals surface area contributed by atoms with Gasteiger partial charge in [-0.15, -0.1) is 11.6 Å². The van der Waals surface area contributed by atoms with Gasteiger partial charge in [-0.2, -0.15) is 4.98 Å². The first kappa shape index (κ1) is 11.2. The summed E-state index contributed by atoms with van der Waals surface area (Å²) in [5.74, 6) is 2.08. The van der Waals surface area contributed by atoms with Crippen molar-refractivity contribution in [3.8, 4) is 5.88 Å². The summed E-state index contributed by atoms with van der Waals surface area (Å²) in [5, 5.41) is 0. The van der Waals surface area contributed by atoms with Crippen LogP contribution in [0.3, 0.4) is 0 Å². The molecule has 0 aliphatic heterocycles. The topological polar surface area (TPSA) is 35.0 Å². The normalized spacial score (nSPS) is 10.6. The molecule has 0 aliphatic rings. The minimum atomic E-state index is 0.289. The molecule has 78 valence electrons. The molecule has 0 spiro atoms. The summed E-state index contributed by atoms with van der Waals surface area (Å²) in [6, 6.07) is 1.78. The Balaban J connectivity index is 3.00. The minimum absolute atomic E-state index is 0.289. The van der Waals surface area contributed by atoms with Crippen molar-refractivity contribution >= 4 is 11.6 Å². The number of hydrogen-bond donors (Lipinski definition) is 0. The second-order valence-corrected chi connectivity index (χ2v) is 3.54. The number of alkyl halides is 1. The van der Waals surface area contributed by atoms with Gasteiger partial charge in [-0.25, -0.2) is 4.98 Å². The van der Waals surface area contributed by atoms with E-state index in [-0.39, 0.29) is 5.92 Å². The van der Waals surface area contributed by atoms with E-state index in [4.69, 9.17) is 16.3 Å². The van der Waals surface area contributed by atoms with Gasteiger partial charge in [-0.05, 0) is 6.92 Å². The fourth-order valence-electron chi connectivity index (χ4n) is 1.04. The maximum Gasteiger partial charge on any atom is 0.216 e. The monoisotopic (exact) mass is 214 g/mol. The smallest absolute Gasteiger partial charge is 0.216 e. The van der Waals surface area contributed by atoms with E-state index in [0.29, 0.717) is 18.4 Å². The Morgan fingerprint density at radius 1 is 1.43 bits per heavy atom. The van der Waals surface area contributed by atoms with Crippen molar-refractivity contribution in [1.82, 2.24) is 9.97 Å². The predicted molar refractivity (Wildman–Crippen MR) is 56.8 cm³/mol. The summed E-state index contributed by atoms with van der Waals surface area (Å²) in [5.41, 5.74) is 0.814. The summed E-state index contributed by atoms with van der Waals surface area (Å²) >= 11 is 5.73. The van der Waals surface area contributed by atoms with Crippen LogP contribution in [0.2, 0.25) is 0 Å². The van der Waals surface area contributed by atoms with Crippen molar-refractivity contribution in [1.29, 1.82) is 0 Å². The third-order valence-electron chi connectivity index (χ3n) is 1.72. The molecule has 0 bridgehead atoms. The first-order valence-electron chi connectivity index (χ1n) is 4.74. The first-order chi connectivity index (χ1) is 6.67. The van der Waals surface area contributed by atoms with E-state index < -0.39 is 0 Å². The molecular weight excluding hydrogens is 200 g/mol. The molecule has 0 unspecified atom stereocenters. The molecule has 0 N–H and O–H groups in total. The van der Waals surface area contributed by atoms with Gasteiger partial charge in [0.2, 0.25) is 5.88 Å². The molecule has 0 aliphatic carbocycles. The number of rotatable bonds is 4. The lowest BCUT2D eigenvalue weighted by atomic mass is 10.2. The van der Waals surface area contributed by atoms with Crippen LogP contribution in [-0.4, -0.2) is 16.6 Å². The van der Waals surface area contributed by atoms with Gasteiger partial charge >= 0.3 is 0 Å². The van der Waals surface area contributed by atoms with Crippen molar-refractivity contribution < 1.29 is 4.74 Å². The molecule has 1 aromatic rings. The Hall–Kier alpha value is -0.830. The summed E-state index contributed by atoms with van der Waals surface area (Å²) in [6.07, 6.45) is 0. The summed E-state index contributed by atoms with van der Waals surface area (Å²) in [6.45, 7) is 6.62. The summed E-state index contributed by atoms with van der Waals surface area (Å²) in [7, 11) is 0. The fraction of sp³-hybridized carbons (Fsp3) is 0.600. The summed E-state index contributed by atoms with van der Waals surface area (Å²) in [4.78, 5) is 8.59. The Kier molecular flexibility index (Phi) is 4.14. The maximum absolute atomic E-state index is 5.73. The first-order valence-corrected chi connectivity index (χ1v) is 5.27. The van der Waals surface area contributed by atoms with Crippen LogP contribution in [-0.2, 0) is 5.88 Å². The molecule has 0 atom stereocenters. The number of halogens is 1. The van der Waals surface area contributed by atoms with Crippen LogP contribution < -0.4 is 4.74 Å². The molecule has 0 radical (unpaired) electrons. The average Bonchev–Trinajstić information content (AvgIpc) is 2.17. The highest BCUT2D eigenvalue weighted by atomic mass is 35.5. The number of hydrogen-bond acceptors (Lipinski definition) is 3. The molecular formula is C10H15ClN2O. The fourth-order valence-corrected chi connectivity index (χ4v) is 1.18. The molecule has 0 saturated heterocycles. The van der Waals surface area contributed by atoms with Crippen LogP contribution >= 0.6 is 11.6 Å². The lowest BCUT2D eigenvalue weighted by molar-refractivity contribution is 0.323. The third kappa shape index (κ3) is 2.84. The molecule has 1 rings (SSSR count). The zero-order valence-corrected chi connectivity index (χ0v) is 9.51. The molecule has 14 heavy (non-hydrogen) atoms. The highest BCUT2D eigenvalue weighted by Crippen LogP contribution is 2.16. The number of ether oxygens (including phenoxy) is 1. The van der Waals surface area contributed by atoms with Gasteiger partial charge < -0.3 is 4.74 Å². The van der Waals surface area contributed by atoms with E-state index in [1.807, 2.05) is 20.8 Å². The van der Waals surface area contributed by atoms with Gasteiger partial charge in [-0.3, -0.25) is 0 Å². The Labute approximate surface area is 89.5 Å². The lowest BCUT2D eigenvalue weighted by Gasteiger charge is -2.08. The second kappa shape index (κ2) is 5.15. The zero-order valence-electron chi connectivity index (χ0n) is 8.75. The van der Waals surface area contributed by atoms with E-state index in [1.165, 1.54) is 0 Å². The van der Waals surface area contributed by atoms with Gasteiger partial charge in [0.05, 0.1) is 18.2 Å². The van der Waals surface area contributed by atoms with Gasteiger partial charge in [-0.1, -0.05) is 13.8 Å². The minimum Gasteiger partial charge on any atom is -0.478 e. The number of aromatic nitrogens is 2. The SMILES string of the molecule is CCOc1cc(CCl)nc(C(C)C)n1. The van der Waals surface area contributed by atoms with E-state index in [9.17, 15) is 0 Å². The maximum atomic E-state index is 5.73. The van der Waals surface area contributed by atoms with Crippen LogP contribution in [0, 0.1) is 0 Å². The second-order valence-electron chi connectivity index (χ2n) is 3.28. The van der Waals surface area contributed by atoms with Gasteiger partial charge in [0.1, 0.15) is 5.82 Å². The van der Waals surface area contributed by atoms with Gasteiger partial charge in [0.25, 0.3) is 0 Å². The van der Waals surface area contributed by atoms with Crippen LogP contribution in [0.25, 0.3) is 0 Å². The highest BCUT2D eigenvalue weighted by Gasteiger charge is 2.07. The molecule has 1 aromatic heterocycles. The molecule has 0 aromatic carbocycles. The van der Waals surface area contributed by atoms with Crippen LogP contribution in [0.15, 0.2) is 6.07 Å². The van der Waals surface area contributed by atoms with E-state index in [0.717, 1.165) is 11.5 Å². The van der Waals surface area contributed by atoms with Crippen molar-refractivity contribution in [2.45, 2.75) is 32.6 Å². The third-order valence-corrected chi connectivity index (χ3v) is 1.99. The average molecular weight is 215 g/mol. The van der Waals surface area contributed by atoms with E-state index >= 15 is 0 Å². The Morgan fingerprint density at radius 2 is 2.14 bits per heavy atom. The Bertz CT molecular complexity index is 302. The molecule has 4 heteroatoms. The molecule has 3 nitrogen and oxygen atoms in total. The van der Waals surface area contributed by atoms with E-state index in [2.05, 4.69) is 9.97 Å². The Morgan fingerprint density at radius 3 is 2.64 bits per heavy atom. The van der Waals surface area contributed by atoms with Crippen LogP contribution in [0.1, 0.15) is 38.2 Å². The van der Waals surface area contributed by atoms with E-state index in [1.54, 1.807) is 6.07 Å². The van der Waals surface area contributed by atoms with Crippen molar-refractivity contribution in [2.24, 2.45) is 0 Å². The quantitative estimate of drug-likeness (QED) is 0.723. The van der Waals surface area contributed by atoms with Crippen LogP contribution in [0.4, 0.5) is 0 Å². The van der Waals surface area contributed by atoms with Crippen LogP contribution in [0.5, 0.6) is 5.88 Å². The van der Waals surface area contributed by atoms with Crippen molar-refractivity contribution in [2.75, 3.05) is 6.61 Å². The standard InChI is InChI=1S/C10H15ClN2O/c1-4-14-9-5-8(6-11)12-10(13-9)7(2)3/h5,7H,4,6H2,1-3H3. The van der Waals surface area contributed by atoms with Crippen molar-refractivity contribution in [3.63, 3.8) is 0 Å². The molecule has 0 fully saturated rings. The predicted octanol–water partition coefficient (Wildman–Crippen LogP) is 2.74. The summed E-state index contributed by atoms with van der Waals surface area (Å²) < 4.78 is 5.33. The van der Waals surface area contributed by atoms with Crippen molar-refractivity contribution in [3.05, 3.63) is 17.6 Å². The number of nitrogens with zero attached hydrogens (tertiary/aromatic N) is 2. The largest absolute Gasteiger partial charge is 0.478 e. The molecule has 1 heterocycles. The molecule has 0 saturated carbocycles. The zero-order chi connectivity index (χ0) is 10.6. The van der Waals surface area contributed by atoms with Gasteiger partial charge in [0, 0.05) is 12.0 Å².